The lowest BCUT2D eigenvalue weighted by atomic mass is 10.2. The standard InChI is InChI=1S/C11H15ClN2O2/c1-8(2)16-11-9(4-3-5-13-11)7-14-10(15)6-12/h3-5,8H,6-7H2,1-2H3,(H,14,15). The lowest BCUT2D eigenvalue weighted by Gasteiger charge is -2.12. The predicted molar refractivity (Wildman–Crippen MR) is 62.6 cm³/mol. The van der Waals surface area contributed by atoms with Crippen LogP contribution < -0.4 is 10.1 Å². The smallest absolute Gasteiger partial charge is 0.235 e. The third kappa shape index (κ3) is 4.06. The molecule has 1 heterocycles. The van der Waals surface area contributed by atoms with E-state index in [0.29, 0.717) is 12.4 Å². The lowest BCUT2D eigenvalue weighted by Crippen LogP contribution is -2.24. The van der Waals surface area contributed by atoms with Crippen molar-refractivity contribution >= 4 is 17.5 Å². The number of carbonyl (C=O) groups excluding carboxylic acids is 1. The summed E-state index contributed by atoms with van der Waals surface area (Å²) in [5.41, 5.74) is 0.842. The maximum atomic E-state index is 11.0. The summed E-state index contributed by atoms with van der Waals surface area (Å²) in [6, 6.07) is 3.66. The van der Waals surface area contributed by atoms with Gasteiger partial charge in [0.15, 0.2) is 0 Å². The van der Waals surface area contributed by atoms with E-state index in [1.54, 1.807) is 12.3 Å². The molecule has 0 aliphatic heterocycles. The molecule has 88 valence electrons. The minimum absolute atomic E-state index is 0.0410. The first-order valence-electron chi connectivity index (χ1n) is 5.06. The van der Waals surface area contributed by atoms with Crippen LogP contribution in [0.15, 0.2) is 18.3 Å². The summed E-state index contributed by atoms with van der Waals surface area (Å²) < 4.78 is 5.52. The van der Waals surface area contributed by atoms with Gasteiger partial charge >= 0.3 is 0 Å². The van der Waals surface area contributed by atoms with Crippen LogP contribution in [0.1, 0.15) is 19.4 Å². The summed E-state index contributed by atoms with van der Waals surface area (Å²) in [6.45, 7) is 4.23. The van der Waals surface area contributed by atoms with Crippen molar-refractivity contribution < 1.29 is 9.53 Å². The molecule has 5 heteroatoms. The molecule has 0 unspecified atom stereocenters. The third-order valence-electron chi connectivity index (χ3n) is 1.79. The van der Waals surface area contributed by atoms with E-state index in [1.165, 1.54) is 0 Å². The second kappa shape index (κ2) is 6.33. The van der Waals surface area contributed by atoms with Gasteiger partial charge in [-0.05, 0) is 19.9 Å². The van der Waals surface area contributed by atoms with E-state index in [1.807, 2.05) is 19.9 Å². The summed E-state index contributed by atoms with van der Waals surface area (Å²) in [5.74, 6) is 0.300. The Labute approximate surface area is 100.0 Å². The molecule has 1 amide bonds. The molecule has 16 heavy (non-hydrogen) atoms. The maximum Gasteiger partial charge on any atom is 0.235 e. The Hall–Kier alpha value is -1.29. The van der Waals surface area contributed by atoms with Gasteiger partial charge in [-0.25, -0.2) is 4.98 Å². The van der Waals surface area contributed by atoms with Crippen molar-refractivity contribution in [3.05, 3.63) is 23.9 Å². The number of aromatic nitrogens is 1. The van der Waals surface area contributed by atoms with Gasteiger partial charge in [0.2, 0.25) is 11.8 Å². The Kier molecular flexibility index (Phi) is 5.05. The number of rotatable bonds is 5. The largest absolute Gasteiger partial charge is 0.475 e. The van der Waals surface area contributed by atoms with Gasteiger partial charge < -0.3 is 10.1 Å². The Morgan fingerprint density at radius 1 is 1.62 bits per heavy atom. The van der Waals surface area contributed by atoms with Crippen LogP contribution in [-0.4, -0.2) is 22.9 Å². The highest BCUT2D eigenvalue weighted by atomic mass is 35.5. The van der Waals surface area contributed by atoms with Crippen molar-refractivity contribution in [1.29, 1.82) is 0 Å². The van der Waals surface area contributed by atoms with Gasteiger partial charge in [-0.3, -0.25) is 4.79 Å². The van der Waals surface area contributed by atoms with Crippen LogP contribution in [0, 0.1) is 0 Å². The van der Waals surface area contributed by atoms with Gasteiger partial charge in [0.25, 0.3) is 0 Å². The monoisotopic (exact) mass is 242 g/mol. The normalized spacial score (nSPS) is 10.2. The first-order chi connectivity index (χ1) is 7.63. The molecule has 4 nitrogen and oxygen atoms in total. The molecule has 0 radical (unpaired) electrons. The number of nitrogens with zero attached hydrogens (tertiary/aromatic N) is 1. The number of alkyl halides is 1. The minimum atomic E-state index is -0.207. The number of halogens is 1. The van der Waals surface area contributed by atoms with Crippen molar-refractivity contribution in [2.75, 3.05) is 5.88 Å². The van der Waals surface area contributed by atoms with Crippen molar-refractivity contribution in [1.82, 2.24) is 10.3 Å². The molecule has 1 aromatic heterocycles. The number of hydrogen-bond donors (Lipinski definition) is 1. The fourth-order valence-electron chi connectivity index (χ4n) is 1.13. The third-order valence-corrected chi connectivity index (χ3v) is 2.04. The van der Waals surface area contributed by atoms with Crippen molar-refractivity contribution in [2.24, 2.45) is 0 Å². The summed E-state index contributed by atoms with van der Waals surface area (Å²) in [5, 5.41) is 2.67. The Morgan fingerprint density at radius 2 is 2.38 bits per heavy atom. The van der Waals surface area contributed by atoms with Gasteiger partial charge in [0.05, 0.1) is 6.10 Å². The predicted octanol–water partition coefficient (Wildman–Crippen LogP) is 1.72. The number of ether oxygens (including phenoxy) is 1. The number of amides is 1. The average molecular weight is 243 g/mol. The fraction of sp³-hybridized carbons (Fsp3) is 0.455. The van der Waals surface area contributed by atoms with Crippen LogP contribution in [0.3, 0.4) is 0 Å². The highest BCUT2D eigenvalue weighted by molar-refractivity contribution is 6.27. The summed E-state index contributed by atoms with van der Waals surface area (Å²) in [7, 11) is 0. The van der Waals surface area contributed by atoms with Crippen LogP contribution in [0.2, 0.25) is 0 Å². The zero-order valence-electron chi connectivity index (χ0n) is 9.37. The average Bonchev–Trinajstić information content (AvgIpc) is 2.26. The van der Waals surface area contributed by atoms with E-state index >= 15 is 0 Å². The molecule has 0 saturated heterocycles. The molecule has 0 aromatic carbocycles. The van der Waals surface area contributed by atoms with Crippen LogP contribution in [-0.2, 0) is 11.3 Å². The minimum Gasteiger partial charge on any atom is -0.475 e. The molecule has 0 saturated carbocycles. The Morgan fingerprint density at radius 3 is 3.00 bits per heavy atom. The molecule has 0 aliphatic carbocycles. The second-order valence-electron chi connectivity index (χ2n) is 3.54. The molecular formula is C11H15ClN2O2. The molecule has 1 N–H and O–H groups in total. The Bertz CT molecular complexity index is 356. The van der Waals surface area contributed by atoms with E-state index < -0.39 is 0 Å². The van der Waals surface area contributed by atoms with Crippen LogP contribution in [0.5, 0.6) is 5.88 Å². The van der Waals surface area contributed by atoms with Crippen LogP contribution >= 0.6 is 11.6 Å². The first kappa shape index (κ1) is 12.8. The van der Waals surface area contributed by atoms with Crippen molar-refractivity contribution in [3.63, 3.8) is 0 Å². The fourth-order valence-corrected chi connectivity index (χ4v) is 1.22. The maximum absolute atomic E-state index is 11.0. The van der Waals surface area contributed by atoms with E-state index in [2.05, 4.69) is 10.3 Å². The highest BCUT2D eigenvalue weighted by Gasteiger charge is 2.07. The topological polar surface area (TPSA) is 51.2 Å². The molecule has 1 aromatic rings. The molecule has 0 bridgehead atoms. The first-order valence-corrected chi connectivity index (χ1v) is 5.60. The van der Waals surface area contributed by atoms with E-state index in [4.69, 9.17) is 16.3 Å². The van der Waals surface area contributed by atoms with Gasteiger partial charge in [0.1, 0.15) is 5.88 Å². The van der Waals surface area contributed by atoms with E-state index in [9.17, 15) is 4.79 Å². The summed E-state index contributed by atoms with van der Waals surface area (Å²) in [4.78, 5) is 15.1. The number of nitrogens with one attached hydrogen (secondary N) is 1. The number of carbonyl (C=O) groups is 1. The van der Waals surface area contributed by atoms with Gasteiger partial charge in [-0.2, -0.15) is 0 Å². The SMILES string of the molecule is CC(C)Oc1ncccc1CNC(=O)CCl. The molecule has 1 rings (SSSR count). The summed E-state index contributed by atoms with van der Waals surface area (Å²) >= 11 is 5.38. The lowest BCUT2D eigenvalue weighted by molar-refractivity contribution is -0.118. The second-order valence-corrected chi connectivity index (χ2v) is 3.81. The highest BCUT2D eigenvalue weighted by Crippen LogP contribution is 2.15. The molecule has 0 spiro atoms. The number of hydrogen-bond acceptors (Lipinski definition) is 3. The van der Waals surface area contributed by atoms with Crippen LogP contribution in [0.4, 0.5) is 0 Å². The molecule has 0 aliphatic rings. The Balaban J connectivity index is 2.67. The quantitative estimate of drug-likeness (QED) is 0.800. The zero-order chi connectivity index (χ0) is 12.0. The number of pyridine rings is 1. The summed E-state index contributed by atoms with van der Waals surface area (Å²) in [6.07, 6.45) is 1.71. The van der Waals surface area contributed by atoms with Gasteiger partial charge in [-0.1, -0.05) is 6.07 Å². The van der Waals surface area contributed by atoms with Gasteiger partial charge in [0, 0.05) is 18.3 Å². The van der Waals surface area contributed by atoms with E-state index in [0.717, 1.165) is 5.56 Å². The van der Waals surface area contributed by atoms with Crippen LogP contribution in [0.25, 0.3) is 0 Å². The zero-order valence-corrected chi connectivity index (χ0v) is 10.1. The van der Waals surface area contributed by atoms with E-state index in [-0.39, 0.29) is 17.9 Å². The molecule has 0 fully saturated rings. The van der Waals surface area contributed by atoms with Crippen molar-refractivity contribution in [3.8, 4) is 5.88 Å². The molecular weight excluding hydrogens is 228 g/mol. The van der Waals surface area contributed by atoms with Crippen molar-refractivity contribution in [2.45, 2.75) is 26.5 Å². The van der Waals surface area contributed by atoms with Gasteiger partial charge in [-0.15, -0.1) is 11.6 Å². The molecule has 0 atom stereocenters.